The molecule has 1 heterocycles. The third kappa shape index (κ3) is 5.68. The van der Waals surface area contributed by atoms with Crippen LogP contribution in [0.5, 0.6) is 0 Å². The van der Waals surface area contributed by atoms with E-state index in [0.29, 0.717) is 30.1 Å². The minimum absolute atomic E-state index is 0.0940. The van der Waals surface area contributed by atoms with Gasteiger partial charge in [-0.15, -0.1) is 0 Å². The van der Waals surface area contributed by atoms with Crippen LogP contribution in [0.2, 0.25) is 0 Å². The van der Waals surface area contributed by atoms with Gasteiger partial charge < -0.3 is 30.9 Å². The van der Waals surface area contributed by atoms with Gasteiger partial charge in [0.1, 0.15) is 0 Å². The van der Waals surface area contributed by atoms with Gasteiger partial charge in [-0.2, -0.15) is 0 Å². The summed E-state index contributed by atoms with van der Waals surface area (Å²) in [5, 5.41) is 21.9. The number of carboxylic acid groups (broad SMARTS) is 1. The molecule has 172 valence electrons. The van der Waals surface area contributed by atoms with Crippen LogP contribution in [0.25, 0.3) is 0 Å². The maximum Gasteiger partial charge on any atom is 0.336 e. The van der Waals surface area contributed by atoms with Crippen LogP contribution in [-0.4, -0.2) is 73.0 Å². The van der Waals surface area contributed by atoms with E-state index >= 15 is 0 Å². The van der Waals surface area contributed by atoms with Gasteiger partial charge in [0.05, 0.1) is 30.1 Å². The first-order valence-electron chi connectivity index (χ1n) is 10.7. The van der Waals surface area contributed by atoms with Gasteiger partial charge >= 0.3 is 11.9 Å². The van der Waals surface area contributed by atoms with Crippen LogP contribution in [0.4, 0.5) is 22.7 Å². The number of hydrogen-bond acceptors (Lipinski definition) is 8. The molecule has 0 atom stereocenters. The molecule has 0 amide bonds. The Kier molecular flexibility index (Phi) is 7.91. The zero-order valence-electron chi connectivity index (χ0n) is 18.2. The highest BCUT2D eigenvalue weighted by Gasteiger charge is 2.20. The van der Waals surface area contributed by atoms with E-state index in [0.717, 1.165) is 37.6 Å². The second kappa shape index (κ2) is 10.8. The predicted molar refractivity (Wildman–Crippen MR) is 124 cm³/mol. The van der Waals surface area contributed by atoms with Gasteiger partial charge in [-0.1, -0.05) is 6.07 Å². The summed E-state index contributed by atoms with van der Waals surface area (Å²) in [5.74, 6) is -1.27. The number of esters is 1. The van der Waals surface area contributed by atoms with Crippen molar-refractivity contribution < 1.29 is 24.5 Å². The SMILES string of the molecule is CCOC(=O)CN1CCN(c2cccc(Nc3ccc(C(=O)O)c(CCO)c3N)c2)CC1. The predicted octanol–water partition coefficient (Wildman–Crippen LogP) is 1.93. The van der Waals surface area contributed by atoms with Crippen molar-refractivity contribution in [3.8, 4) is 0 Å². The third-order valence-corrected chi connectivity index (χ3v) is 5.47. The quantitative estimate of drug-likeness (QED) is 0.340. The van der Waals surface area contributed by atoms with Crippen LogP contribution < -0.4 is 16.0 Å². The van der Waals surface area contributed by atoms with E-state index < -0.39 is 5.97 Å². The smallest absolute Gasteiger partial charge is 0.336 e. The van der Waals surface area contributed by atoms with E-state index in [9.17, 15) is 19.8 Å². The average molecular weight is 443 g/mol. The highest BCUT2D eigenvalue weighted by atomic mass is 16.5. The van der Waals surface area contributed by atoms with Crippen molar-refractivity contribution in [3.63, 3.8) is 0 Å². The summed E-state index contributed by atoms with van der Waals surface area (Å²) in [7, 11) is 0. The molecule has 9 nitrogen and oxygen atoms in total. The molecular weight excluding hydrogens is 412 g/mol. The maximum atomic E-state index is 11.7. The molecule has 0 saturated carbocycles. The summed E-state index contributed by atoms with van der Waals surface area (Å²) in [6.45, 7) is 5.44. The van der Waals surface area contributed by atoms with Crippen molar-refractivity contribution >= 4 is 34.7 Å². The Hall–Kier alpha value is -3.30. The zero-order valence-corrected chi connectivity index (χ0v) is 18.2. The number of ether oxygens (including phenoxy) is 1. The number of aliphatic hydroxyl groups is 1. The highest BCUT2D eigenvalue weighted by Crippen LogP contribution is 2.31. The number of nitrogens with two attached hydrogens (primary N) is 1. The van der Waals surface area contributed by atoms with Gasteiger partial charge in [0.2, 0.25) is 0 Å². The molecule has 1 fully saturated rings. The van der Waals surface area contributed by atoms with Crippen LogP contribution in [0.15, 0.2) is 36.4 Å². The second-order valence-electron chi connectivity index (χ2n) is 7.58. The molecule has 5 N–H and O–H groups in total. The number of nitrogens with one attached hydrogen (secondary N) is 1. The van der Waals surface area contributed by atoms with Gasteiger partial charge in [-0.05, 0) is 49.2 Å². The number of rotatable bonds is 9. The number of aliphatic hydroxyl groups excluding tert-OH is 1. The number of carbonyl (C=O) groups is 2. The molecule has 2 aromatic rings. The summed E-state index contributed by atoms with van der Waals surface area (Å²) >= 11 is 0. The van der Waals surface area contributed by atoms with Gasteiger partial charge in [0.25, 0.3) is 0 Å². The molecule has 2 aromatic carbocycles. The number of nitrogen functional groups attached to an aromatic ring is 1. The molecule has 3 rings (SSSR count). The Bertz CT molecular complexity index is 957. The zero-order chi connectivity index (χ0) is 23.1. The monoisotopic (exact) mass is 442 g/mol. The molecule has 9 heteroatoms. The lowest BCUT2D eigenvalue weighted by molar-refractivity contribution is -0.144. The molecule has 0 unspecified atom stereocenters. The van der Waals surface area contributed by atoms with E-state index in [2.05, 4.69) is 15.1 Å². The third-order valence-electron chi connectivity index (χ3n) is 5.47. The molecule has 1 saturated heterocycles. The number of piperazine rings is 1. The van der Waals surface area contributed by atoms with Crippen molar-refractivity contribution in [1.82, 2.24) is 4.90 Å². The van der Waals surface area contributed by atoms with Crippen molar-refractivity contribution in [2.24, 2.45) is 0 Å². The lowest BCUT2D eigenvalue weighted by Gasteiger charge is -2.35. The summed E-state index contributed by atoms with van der Waals surface area (Å²) in [6.07, 6.45) is 0.166. The van der Waals surface area contributed by atoms with E-state index in [1.807, 2.05) is 24.3 Å². The van der Waals surface area contributed by atoms with Crippen molar-refractivity contribution in [3.05, 3.63) is 47.5 Å². The molecule has 0 aromatic heterocycles. The fourth-order valence-electron chi connectivity index (χ4n) is 3.84. The van der Waals surface area contributed by atoms with Gasteiger partial charge in [-0.3, -0.25) is 9.69 Å². The van der Waals surface area contributed by atoms with Gasteiger partial charge in [0, 0.05) is 44.2 Å². The summed E-state index contributed by atoms with van der Waals surface area (Å²) in [4.78, 5) is 27.5. The first-order chi connectivity index (χ1) is 15.4. The van der Waals surface area contributed by atoms with Crippen molar-refractivity contribution in [2.75, 3.05) is 61.9 Å². The van der Waals surface area contributed by atoms with Crippen LogP contribution in [0.3, 0.4) is 0 Å². The number of anilines is 4. The minimum atomic E-state index is -1.07. The number of carboxylic acids is 1. The summed E-state index contributed by atoms with van der Waals surface area (Å²) in [5.41, 5.74) is 9.51. The molecule has 0 radical (unpaired) electrons. The fourth-order valence-corrected chi connectivity index (χ4v) is 3.84. The number of benzene rings is 2. The summed E-state index contributed by atoms with van der Waals surface area (Å²) < 4.78 is 5.02. The lowest BCUT2D eigenvalue weighted by atomic mass is 10.0. The maximum absolute atomic E-state index is 11.7. The van der Waals surface area contributed by atoms with Crippen LogP contribution in [-0.2, 0) is 16.0 Å². The van der Waals surface area contributed by atoms with E-state index in [4.69, 9.17) is 10.5 Å². The van der Waals surface area contributed by atoms with E-state index in [1.165, 1.54) is 6.07 Å². The van der Waals surface area contributed by atoms with E-state index in [-0.39, 0.29) is 24.6 Å². The van der Waals surface area contributed by atoms with Crippen LogP contribution >= 0.6 is 0 Å². The minimum Gasteiger partial charge on any atom is -0.478 e. The Balaban J connectivity index is 1.69. The normalized spacial score (nSPS) is 14.2. The van der Waals surface area contributed by atoms with Crippen LogP contribution in [0, 0.1) is 0 Å². The Morgan fingerprint density at radius 3 is 2.56 bits per heavy atom. The van der Waals surface area contributed by atoms with Crippen molar-refractivity contribution in [2.45, 2.75) is 13.3 Å². The van der Waals surface area contributed by atoms with Crippen LogP contribution in [0.1, 0.15) is 22.8 Å². The lowest BCUT2D eigenvalue weighted by Crippen LogP contribution is -2.48. The molecule has 0 aliphatic carbocycles. The average Bonchev–Trinajstić information content (AvgIpc) is 2.77. The number of carbonyl (C=O) groups excluding carboxylic acids is 1. The standard InChI is InChI=1S/C23H30N4O5/c1-2-32-21(29)15-26-9-11-27(12-10-26)17-5-3-4-16(14-17)25-20-7-6-19(23(30)31)18(8-13-28)22(20)24/h3-7,14,25,28H,2,8-13,15,24H2,1H3,(H,30,31). The number of nitrogens with zero attached hydrogens (tertiary/aromatic N) is 2. The molecule has 0 spiro atoms. The van der Waals surface area contributed by atoms with Gasteiger partial charge in [0.15, 0.2) is 0 Å². The highest BCUT2D eigenvalue weighted by molar-refractivity contribution is 5.94. The topological polar surface area (TPSA) is 128 Å². The molecule has 0 bridgehead atoms. The first kappa shape index (κ1) is 23.4. The Labute approximate surface area is 187 Å². The van der Waals surface area contributed by atoms with Crippen molar-refractivity contribution in [1.29, 1.82) is 0 Å². The number of hydrogen-bond donors (Lipinski definition) is 4. The molecule has 32 heavy (non-hydrogen) atoms. The molecular formula is C23H30N4O5. The van der Waals surface area contributed by atoms with Gasteiger partial charge in [-0.25, -0.2) is 4.79 Å². The first-order valence-corrected chi connectivity index (χ1v) is 10.7. The Morgan fingerprint density at radius 2 is 1.91 bits per heavy atom. The molecule has 1 aliphatic heterocycles. The largest absolute Gasteiger partial charge is 0.478 e. The second-order valence-corrected chi connectivity index (χ2v) is 7.58. The molecule has 1 aliphatic rings. The Morgan fingerprint density at radius 1 is 1.16 bits per heavy atom. The summed E-state index contributed by atoms with van der Waals surface area (Å²) in [6, 6.07) is 11.0. The fraction of sp³-hybridized carbons (Fsp3) is 0.391. The number of aromatic carboxylic acids is 1. The van der Waals surface area contributed by atoms with E-state index in [1.54, 1.807) is 13.0 Å².